The lowest BCUT2D eigenvalue weighted by Gasteiger charge is -2.10. The number of aryl methyl sites for hydroxylation is 1. The zero-order valence-electron chi connectivity index (χ0n) is 10.6. The summed E-state index contributed by atoms with van der Waals surface area (Å²) in [5, 5.41) is 0.778. The van der Waals surface area contributed by atoms with Gasteiger partial charge in [-0.3, -0.25) is 0 Å². The first-order valence-corrected chi connectivity index (χ1v) is 6.89. The maximum Gasteiger partial charge on any atom is 0.177 e. The summed E-state index contributed by atoms with van der Waals surface area (Å²) in [6.07, 6.45) is 2.97. The van der Waals surface area contributed by atoms with Gasteiger partial charge >= 0.3 is 0 Å². The van der Waals surface area contributed by atoms with Gasteiger partial charge in [0.15, 0.2) is 4.77 Å². The molecular weight excluding hydrogens is 264 g/mol. The Kier molecular flexibility index (Phi) is 4.25. The van der Waals surface area contributed by atoms with E-state index < -0.39 is 0 Å². The quantitative estimate of drug-likeness (QED) is 0.814. The average Bonchev–Trinajstić information content (AvgIpc) is 2.70. The molecule has 96 valence electrons. The maximum absolute atomic E-state index is 5.88. The molecule has 0 aliphatic carbocycles. The zero-order valence-corrected chi connectivity index (χ0v) is 12.2. The number of aromatic nitrogens is 2. The van der Waals surface area contributed by atoms with E-state index in [1.165, 1.54) is 11.3 Å². The van der Waals surface area contributed by atoms with E-state index in [0.717, 1.165) is 22.8 Å². The minimum atomic E-state index is 0.475. The fourth-order valence-electron chi connectivity index (χ4n) is 2.01. The van der Waals surface area contributed by atoms with Crippen molar-refractivity contribution in [2.45, 2.75) is 32.7 Å². The average molecular weight is 281 g/mol. The first-order chi connectivity index (χ1) is 8.58. The van der Waals surface area contributed by atoms with Crippen LogP contribution in [-0.4, -0.2) is 9.55 Å². The molecule has 1 aromatic carbocycles. The molecule has 2 rings (SSSR count). The molecule has 2 nitrogen and oxygen atoms in total. The smallest absolute Gasteiger partial charge is 0.177 e. The van der Waals surface area contributed by atoms with Gasteiger partial charge in [0.2, 0.25) is 0 Å². The van der Waals surface area contributed by atoms with Gasteiger partial charge in [0.05, 0.1) is 0 Å². The van der Waals surface area contributed by atoms with Gasteiger partial charge in [-0.25, -0.2) is 0 Å². The Balaban J connectivity index is 2.13. The van der Waals surface area contributed by atoms with Crippen molar-refractivity contribution in [1.29, 1.82) is 0 Å². The molecule has 0 radical (unpaired) electrons. The van der Waals surface area contributed by atoms with Gasteiger partial charge in [0.1, 0.15) is 0 Å². The Hall–Kier alpha value is -1.06. The Morgan fingerprint density at radius 2 is 1.94 bits per heavy atom. The third-order valence-electron chi connectivity index (χ3n) is 3.03. The van der Waals surface area contributed by atoms with Gasteiger partial charge in [-0.1, -0.05) is 37.6 Å². The predicted molar refractivity (Wildman–Crippen MR) is 78.9 cm³/mol. The van der Waals surface area contributed by atoms with Crippen molar-refractivity contribution in [2.75, 3.05) is 0 Å². The molecule has 0 aliphatic heterocycles. The highest BCUT2D eigenvalue weighted by molar-refractivity contribution is 7.71. The molecule has 0 unspecified atom stereocenters. The van der Waals surface area contributed by atoms with E-state index in [-0.39, 0.29) is 0 Å². The van der Waals surface area contributed by atoms with Crippen LogP contribution in [0.1, 0.15) is 31.0 Å². The van der Waals surface area contributed by atoms with E-state index in [2.05, 4.69) is 35.5 Å². The minimum absolute atomic E-state index is 0.475. The number of hydrogen-bond acceptors (Lipinski definition) is 1. The molecular formula is C14H17ClN2S. The fourth-order valence-corrected chi connectivity index (χ4v) is 2.39. The van der Waals surface area contributed by atoms with Crippen molar-refractivity contribution in [2.24, 2.45) is 0 Å². The molecule has 0 atom stereocenters. The van der Waals surface area contributed by atoms with Crippen LogP contribution in [0.25, 0.3) is 0 Å². The molecule has 1 heterocycles. The highest BCUT2D eigenvalue weighted by atomic mass is 35.5. The lowest BCUT2D eigenvalue weighted by molar-refractivity contribution is 0.627. The topological polar surface area (TPSA) is 20.7 Å². The van der Waals surface area contributed by atoms with Gasteiger partial charge in [-0.05, 0) is 42.3 Å². The second-order valence-corrected chi connectivity index (χ2v) is 5.52. The fraction of sp³-hybridized carbons (Fsp3) is 0.357. The van der Waals surface area contributed by atoms with Crippen LogP contribution in [0.15, 0.2) is 30.5 Å². The second kappa shape index (κ2) is 5.72. The van der Waals surface area contributed by atoms with E-state index in [4.69, 9.17) is 23.8 Å². The molecule has 0 fully saturated rings. The Bertz CT molecular complexity index is 566. The van der Waals surface area contributed by atoms with Crippen molar-refractivity contribution in [3.63, 3.8) is 0 Å². The van der Waals surface area contributed by atoms with Gasteiger partial charge in [0.25, 0.3) is 0 Å². The summed E-state index contributed by atoms with van der Waals surface area (Å²) in [5.74, 6) is 0.475. The van der Waals surface area contributed by atoms with Crippen molar-refractivity contribution < 1.29 is 0 Å². The lowest BCUT2D eigenvalue weighted by Crippen LogP contribution is -2.06. The summed E-state index contributed by atoms with van der Waals surface area (Å²) >= 11 is 11.2. The van der Waals surface area contributed by atoms with Crippen LogP contribution in [0.4, 0.5) is 0 Å². The molecule has 1 N–H and O–H groups in total. The molecule has 1 aromatic heterocycles. The third kappa shape index (κ3) is 3.03. The van der Waals surface area contributed by atoms with E-state index >= 15 is 0 Å². The number of halogens is 1. The SMILES string of the molecule is CC(C)c1c[nH]c(=S)n1CCc1ccc(Cl)cc1. The number of benzene rings is 1. The van der Waals surface area contributed by atoms with Crippen LogP contribution in [0.3, 0.4) is 0 Å². The van der Waals surface area contributed by atoms with Crippen LogP contribution >= 0.6 is 23.8 Å². The summed E-state index contributed by atoms with van der Waals surface area (Å²) in [7, 11) is 0. The predicted octanol–water partition coefficient (Wildman–Crippen LogP) is 4.57. The standard InChI is InChI=1S/C14H17ClN2S/c1-10(2)13-9-16-14(18)17(13)8-7-11-3-5-12(15)6-4-11/h3-6,9-10H,7-8H2,1-2H3,(H,16,18). The lowest BCUT2D eigenvalue weighted by atomic mass is 10.1. The van der Waals surface area contributed by atoms with Crippen molar-refractivity contribution in [1.82, 2.24) is 9.55 Å². The molecule has 0 bridgehead atoms. The number of hydrogen-bond donors (Lipinski definition) is 1. The van der Waals surface area contributed by atoms with Crippen LogP contribution in [0.2, 0.25) is 5.02 Å². The zero-order chi connectivity index (χ0) is 13.1. The number of nitrogens with zero attached hydrogens (tertiary/aromatic N) is 1. The maximum atomic E-state index is 5.88. The van der Waals surface area contributed by atoms with E-state index in [0.29, 0.717) is 5.92 Å². The van der Waals surface area contributed by atoms with Crippen molar-refractivity contribution in [3.05, 3.63) is 51.5 Å². The number of aromatic amines is 1. The van der Waals surface area contributed by atoms with E-state index in [1.54, 1.807) is 0 Å². The first kappa shape index (κ1) is 13.4. The summed E-state index contributed by atoms with van der Waals surface area (Å²) in [5.41, 5.74) is 2.53. The van der Waals surface area contributed by atoms with Crippen LogP contribution < -0.4 is 0 Å². The van der Waals surface area contributed by atoms with Crippen molar-refractivity contribution in [3.8, 4) is 0 Å². The summed E-state index contributed by atoms with van der Waals surface area (Å²) in [6, 6.07) is 7.98. The van der Waals surface area contributed by atoms with E-state index in [1.807, 2.05) is 18.3 Å². The van der Waals surface area contributed by atoms with Gasteiger partial charge in [-0.2, -0.15) is 0 Å². The van der Waals surface area contributed by atoms with Gasteiger partial charge < -0.3 is 9.55 Å². The largest absolute Gasteiger partial charge is 0.337 e. The molecule has 0 saturated carbocycles. The Morgan fingerprint density at radius 1 is 1.28 bits per heavy atom. The second-order valence-electron chi connectivity index (χ2n) is 4.70. The molecule has 0 saturated heterocycles. The highest BCUT2D eigenvalue weighted by Gasteiger charge is 2.07. The summed E-state index contributed by atoms with van der Waals surface area (Å²) in [6.45, 7) is 5.25. The van der Waals surface area contributed by atoms with Crippen LogP contribution in [0.5, 0.6) is 0 Å². The normalized spacial score (nSPS) is 11.1. The van der Waals surface area contributed by atoms with Gasteiger partial charge in [-0.15, -0.1) is 0 Å². The molecule has 4 heteroatoms. The molecule has 0 spiro atoms. The van der Waals surface area contributed by atoms with E-state index in [9.17, 15) is 0 Å². The number of rotatable bonds is 4. The first-order valence-electron chi connectivity index (χ1n) is 6.10. The summed E-state index contributed by atoms with van der Waals surface area (Å²) < 4.78 is 2.97. The van der Waals surface area contributed by atoms with Gasteiger partial charge in [0, 0.05) is 23.5 Å². The van der Waals surface area contributed by atoms with Crippen molar-refractivity contribution >= 4 is 23.8 Å². The molecule has 2 aromatic rings. The summed E-state index contributed by atoms with van der Waals surface area (Å²) in [4.78, 5) is 3.12. The van der Waals surface area contributed by atoms with Crippen LogP contribution in [-0.2, 0) is 13.0 Å². The third-order valence-corrected chi connectivity index (χ3v) is 3.62. The number of nitrogens with one attached hydrogen (secondary N) is 1. The number of H-pyrrole nitrogens is 1. The molecule has 18 heavy (non-hydrogen) atoms. The minimum Gasteiger partial charge on any atom is -0.337 e. The van der Waals surface area contributed by atoms with Crippen LogP contribution in [0, 0.1) is 4.77 Å². The Morgan fingerprint density at radius 3 is 2.56 bits per heavy atom. The highest BCUT2D eigenvalue weighted by Crippen LogP contribution is 2.16. The molecule has 0 aliphatic rings. The monoisotopic (exact) mass is 280 g/mol. The number of imidazole rings is 1. The molecule has 0 amide bonds. The Labute approximate surface area is 118 Å².